The summed E-state index contributed by atoms with van der Waals surface area (Å²) in [5.41, 5.74) is 2.07. The zero-order chi connectivity index (χ0) is 17.4. The standard InChI is InChI=1S/C20H23FO2S/c1-3-7-19(21)20(23-14-17-8-5-4-6-9-17)15-24(22)18-12-10-16(2)11-13-18/h3-6,8-13,19-20H,1,7,14-15H2,2H3/t19-,20+,24+/m0/s1. The Morgan fingerprint density at radius 1 is 1.17 bits per heavy atom. The Morgan fingerprint density at radius 3 is 2.46 bits per heavy atom. The molecule has 0 saturated carbocycles. The van der Waals surface area contributed by atoms with Crippen molar-refractivity contribution >= 4 is 10.8 Å². The molecule has 2 aromatic rings. The highest BCUT2D eigenvalue weighted by molar-refractivity contribution is 7.85. The summed E-state index contributed by atoms with van der Waals surface area (Å²) in [6, 6.07) is 17.0. The molecule has 128 valence electrons. The fourth-order valence-electron chi connectivity index (χ4n) is 2.28. The summed E-state index contributed by atoms with van der Waals surface area (Å²) in [6.07, 6.45) is -0.242. The molecular weight excluding hydrogens is 323 g/mol. The van der Waals surface area contributed by atoms with Gasteiger partial charge in [0.25, 0.3) is 0 Å². The third-order valence-corrected chi connectivity index (χ3v) is 5.13. The Hall–Kier alpha value is -1.78. The summed E-state index contributed by atoms with van der Waals surface area (Å²) in [7, 11) is -1.30. The van der Waals surface area contributed by atoms with Crippen molar-refractivity contribution in [1.29, 1.82) is 0 Å². The first-order valence-electron chi connectivity index (χ1n) is 7.95. The van der Waals surface area contributed by atoms with Crippen LogP contribution in [0.25, 0.3) is 0 Å². The van der Waals surface area contributed by atoms with Gasteiger partial charge in [-0.15, -0.1) is 6.58 Å². The monoisotopic (exact) mass is 346 g/mol. The van der Waals surface area contributed by atoms with E-state index in [1.165, 1.54) is 6.08 Å². The molecule has 0 aromatic heterocycles. The Labute approximate surface area is 145 Å². The topological polar surface area (TPSA) is 26.3 Å². The van der Waals surface area contributed by atoms with E-state index in [1.54, 1.807) is 0 Å². The maximum Gasteiger partial charge on any atom is 0.130 e. The van der Waals surface area contributed by atoms with Crippen molar-refractivity contribution in [1.82, 2.24) is 0 Å². The predicted molar refractivity (Wildman–Crippen MR) is 97.2 cm³/mol. The van der Waals surface area contributed by atoms with E-state index in [0.717, 1.165) is 11.1 Å². The zero-order valence-electron chi connectivity index (χ0n) is 13.9. The smallest absolute Gasteiger partial charge is 0.130 e. The summed E-state index contributed by atoms with van der Waals surface area (Å²) < 4.78 is 32.6. The Morgan fingerprint density at radius 2 is 1.83 bits per heavy atom. The quantitative estimate of drug-likeness (QED) is 0.620. The molecule has 0 aliphatic rings. The summed E-state index contributed by atoms with van der Waals surface area (Å²) in [5.74, 6) is 0.130. The van der Waals surface area contributed by atoms with Gasteiger partial charge in [0.2, 0.25) is 0 Å². The lowest BCUT2D eigenvalue weighted by Gasteiger charge is -2.21. The molecule has 0 bridgehead atoms. The maximum absolute atomic E-state index is 14.4. The number of hydrogen-bond donors (Lipinski definition) is 0. The molecule has 2 aromatic carbocycles. The molecular formula is C20H23FO2S. The maximum atomic E-state index is 14.4. The number of hydrogen-bond acceptors (Lipinski definition) is 2. The molecule has 0 N–H and O–H groups in total. The number of allylic oxidation sites excluding steroid dienone is 1. The van der Waals surface area contributed by atoms with Gasteiger partial charge in [-0.3, -0.25) is 4.21 Å². The summed E-state index contributed by atoms with van der Waals surface area (Å²) in [4.78, 5) is 0.694. The average molecular weight is 346 g/mol. The van der Waals surface area contributed by atoms with E-state index < -0.39 is 23.1 Å². The van der Waals surface area contributed by atoms with Crippen LogP contribution in [0.3, 0.4) is 0 Å². The number of halogens is 1. The second-order valence-electron chi connectivity index (χ2n) is 5.70. The van der Waals surface area contributed by atoms with Crippen LogP contribution < -0.4 is 0 Å². The first-order valence-corrected chi connectivity index (χ1v) is 9.27. The highest BCUT2D eigenvalue weighted by atomic mass is 32.2. The lowest BCUT2D eigenvalue weighted by Crippen LogP contribution is -2.31. The molecule has 4 heteroatoms. The summed E-state index contributed by atoms with van der Waals surface area (Å²) >= 11 is 0. The minimum atomic E-state index is -1.30. The van der Waals surface area contributed by atoms with E-state index in [4.69, 9.17) is 4.74 Å². The van der Waals surface area contributed by atoms with Crippen LogP contribution in [0.1, 0.15) is 17.5 Å². The minimum absolute atomic E-state index is 0.130. The lowest BCUT2D eigenvalue weighted by molar-refractivity contribution is 0.00313. The van der Waals surface area contributed by atoms with Crippen molar-refractivity contribution in [2.24, 2.45) is 0 Å². The van der Waals surface area contributed by atoms with E-state index in [0.29, 0.717) is 11.5 Å². The summed E-state index contributed by atoms with van der Waals surface area (Å²) in [6.45, 7) is 5.85. The highest BCUT2D eigenvalue weighted by Crippen LogP contribution is 2.17. The average Bonchev–Trinajstić information content (AvgIpc) is 2.60. The molecule has 2 rings (SSSR count). The second-order valence-corrected chi connectivity index (χ2v) is 7.20. The Bertz CT molecular complexity index is 655. The van der Waals surface area contributed by atoms with Gasteiger partial charge in [-0.1, -0.05) is 54.1 Å². The molecule has 2 nitrogen and oxygen atoms in total. The van der Waals surface area contributed by atoms with Crippen molar-refractivity contribution in [3.63, 3.8) is 0 Å². The van der Waals surface area contributed by atoms with Crippen molar-refractivity contribution in [3.05, 3.63) is 78.4 Å². The molecule has 0 amide bonds. The van der Waals surface area contributed by atoms with Crippen molar-refractivity contribution in [3.8, 4) is 0 Å². The third kappa shape index (κ3) is 5.69. The largest absolute Gasteiger partial charge is 0.370 e. The van der Waals surface area contributed by atoms with Crippen molar-refractivity contribution < 1.29 is 13.3 Å². The van der Waals surface area contributed by atoms with E-state index >= 15 is 0 Å². The Balaban J connectivity index is 2.03. The van der Waals surface area contributed by atoms with Crippen LogP contribution in [0.15, 0.2) is 72.1 Å². The van der Waals surface area contributed by atoms with Crippen LogP contribution in [0.2, 0.25) is 0 Å². The van der Waals surface area contributed by atoms with Crippen LogP contribution >= 0.6 is 0 Å². The van der Waals surface area contributed by atoms with Crippen LogP contribution in [0.5, 0.6) is 0 Å². The van der Waals surface area contributed by atoms with Gasteiger partial charge < -0.3 is 4.74 Å². The molecule has 0 fully saturated rings. The SMILES string of the molecule is C=CC[C@H](F)[C@@H](C[S@@](=O)c1ccc(C)cc1)OCc1ccccc1. The van der Waals surface area contributed by atoms with E-state index in [9.17, 15) is 8.60 Å². The molecule has 0 aliphatic heterocycles. The lowest BCUT2D eigenvalue weighted by atomic mass is 10.2. The zero-order valence-corrected chi connectivity index (χ0v) is 14.7. The molecule has 0 heterocycles. The highest BCUT2D eigenvalue weighted by Gasteiger charge is 2.24. The Kier molecular flexibility index (Phi) is 7.35. The normalized spacial score (nSPS) is 14.8. The van der Waals surface area contributed by atoms with Gasteiger partial charge in [0, 0.05) is 4.90 Å². The molecule has 0 spiro atoms. The number of aryl methyl sites for hydroxylation is 1. The van der Waals surface area contributed by atoms with Gasteiger partial charge in [-0.2, -0.15) is 0 Å². The predicted octanol–water partition coefficient (Wildman–Crippen LogP) is 4.60. The first kappa shape index (κ1) is 18.6. The first-order chi connectivity index (χ1) is 11.6. The van der Waals surface area contributed by atoms with Gasteiger partial charge in [0.1, 0.15) is 12.3 Å². The second kappa shape index (κ2) is 9.50. The van der Waals surface area contributed by atoms with Crippen molar-refractivity contribution in [2.75, 3.05) is 5.75 Å². The number of rotatable bonds is 9. The molecule has 0 aliphatic carbocycles. The fourth-order valence-corrected chi connectivity index (χ4v) is 3.52. The van der Waals surface area contributed by atoms with Crippen LogP contribution in [0, 0.1) is 6.92 Å². The third-order valence-electron chi connectivity index (χ3n) is 3.70. The van der Waals surface area contributed by atoms with Crippen LogP contribution in [0.4, 0.5) is 4.39 Å². The van der Waals surface area contributed by atoms with Gasteiger partial charge >= 0.3 is 0 Å². The van der Waals surface area contributed by atoms with Gasteiger partial charge in [0.15, 0.2) is 0 Å². The van der Waals surface area contributed by atoms with Gasteiger partial charge in [0.05, 0.1) is 23.2 Å². The van der Waals surface area contributed by atoms with E-state index in [-0.39, 0.29) is 12.2 Å². The molecule has 0 unspecified atom stereocenters. The number of alkyl halides is 1. The molecule has 0 radical (unpaired) electrons. The van der Waals surface area contributed by atoms with E-state index in [1.807, 2.05) is 61.5 Å². The molecule has 24 heavy (non-hydrogen) atoms. The minimum Gasteiger partial charge on any atom is -0.370 e. The fraction of sp³-hybridized carbons (Fsp3) is 0.300. The van der Waals surface area contributed by atoms with Gasteiger partial charge in [-0.25, -0.2) is 4.39 Å². The van der Waals surface area contributed by atoms with Crippen LogP contribution in [-0.4, -0.2) is 22.2 Å². The molecule has 0 saturated heterocycles. The molecule has 3 atom stereocenters. The number of ether oxygens (including phenoxy) is 1. The van der Waals surface area contributed by atoms with Crippen molar-refractivity contribution in [2.45, 2.75) is 37.1 Å². The van der Waals surface area contributed by atoms with E-state index in [2.05, 4.69) is 6.58 Å². The van der Waals surface area contributed by atoms with Gasteiger partial charge in [-0.05, 0) is 31.0 Å². The number of benzene rings is 2. The summed E-state index contributed by atoms with van der Waals surface area (Å²) in [5, 5.41) is 0. The van der Waals surface area contributed by atoms with Crippen LogP contribution in [-0.2, 0) is 22.1 Å².